The van der Waals surface area contributed by atoms with Crippen LogP contribution >= 0.6 is 0 Å². The van der Waals surface area contributed by atoms with Gasteiger partial charge in [0.15, 0.2) is 5.79 Å². The molecule has 0 aromatic rings. The Kier molecular flexibility index (Phi) is 10.0. The van der Waals surface area contributed by atoms with E-state index in [1.54, 1.807) is 7.11 Å². The lowest BCUT2D eigenvalue weighted by Gasteiger charge is -2.47. The van der Waals surface area contributed by atoms with Gasteiger partial charge in [-0.2, -0.15) is 0 Å². The van der Waals surface area contributed by atoms with E-state index in [9.17, 15) is 9.90 Å². The maximum Gasteiger partial charge on any atom is 0.172 e. The number of carbonyl (C=O) groups excluding carboxylic acids is 1. The van der Waals surface area contributed by atoms with Crippen molar-refractivity contribution < 1.29 is 52.5 Å². The minimum atomic E-state index is -0.780. The zero-order valence-corrected chi connectivity index (χ0v) is 30.8. The maximum atomic E-state index is 14.1. The molecule has 10 saturated heterocycles. The Morgan fingerprint density at radius 2 is 1.56 bits per heavy atom. The van der Waals surface area contributed by atoms with E-state index in [0.29, 0.717) is 25.7 Å². The number of fused-ring (bicyclic) bond motifs is 6. The molecule has 290 valence electrons. The van der Waals surface area contributed by atoms with Gasteiger partial charge in [0.1, 0.15) is 36.3 Å². The van der Waals surface area contributed by atoms with E-state index in [0.717, 1.165) is 56.1 Å². The van der Waals surface area contributed by atoms with Crippen LogP contribution in [0.15, 0.2) is 24.3 Å². The first kappa shape index (κ1) is 36.4. The van der Waals surface area contributed by atoms with Gasteiger partial charge in [-0.15, -0.1) is 0 Å². The lowest BCUT2D eigenvalue weighted by atomic mass is 9.81. The van der Waals surface area contributed by atoms with E-state index >= 15 is 0 Å². The highest BCUT2D eigenvalue weighted by atomic mass is 16.8. The summed E-state index contributed by atoms with van der Waals surface area (Å²) in [5, 5.41) is 10.5. The zero-order chi connectivity index (χ0) is 35.9. The van der Waals surface area contributed by atoms with Crippen molar-refractivity contribution in [1.29, 1.82) is 0 Å². The number of methoxy groups -OCH3 is 1. The number of hydrogen-bond donors (Lipinski definition) is 2. The number of carbonyl (C=O) groups is 1. The molecule has 19 atom stereocenters. The van der Waals surface area contributed by atoms with Crippen LogP contribution in [0.3, 0.4) is 0 Å². The van der Waals surface area contributed by atoms with Crippen LogP contribution in [0.5, 0.6) is 0 Å². The Bertz CT molecular complexity index is 1380. The second kappa shape index (κ2) is 14.3. The molecule has 0 aliphatic carbocycles. The Balaban J connectivity index is 0.994. The molecule has 0 radical (unpaired) electrons. The number of aliphatic hydroxyl groups excluding tert-OH is 1. The van der Waals surface area contributed by atoms with E-state index in [1.165, 1.54) is 0 Å². The molecule has 0 aromatic carbocycles. The largest absolute Gasteiger partial charge is 0.392 e. The predicted molar refractivity (Wildman–Crippen MR) is 186 cm³/mol. The van der Waals surface area contributed by atoms with Crippen molar-refractivity contribution >= 4 is 5.78 Å². The third-order valence-electron chi connectivity index (χ3n) is 14.0. The van der Waals surface area contributed by atoms with Crippen LogP contribution in [-0.2, 0) is 47.4 Å². The molecule has 0 saturated carbocycles. The normalized spacial score (nSPS) is 52.4. The summed E-state index contributed by atoms with van der Waals surface area (Å²) < 4.78 is 60.0. The van der Waals surface area contributed by atoms with Crippen molar-refractivity contribution in [3.63, 3.8) is 0 Å². The molecule has 2 unspecified atom stereocenters. The lowest BCUT2D eigenvalue weighted by Crippen LogP contribution is -2.61. The Hall–Kier alpha value is -1.29. The molecular formula is C40H59NO11. The molecule has 10 heterocycles. The Morgan fingerprint density at radius 3 is 2.38 bits per heavy atom. The Labute approximate surface area is 307 Å². The Morgan fingerprint density at radius 1 is 0.808 bits per heavy atom. The van der Waals surface area contributed by atoms with E-state index in [2.05, 4.69) is 20.1 Å². The molecule has 0 aromatic heterocycles. The first-order valence-corrected chi connectivity index (χ1v) is 20.2. The summed E-state index contributed by atoms with van der Waals surface area (Å²) in [5.41, 5.74) is 8.01. The van der Waals surface area contributed by atoms with Crippen LogP contribution in [0.4, 0.5) is 0 Å². The summed E-state index contributed by atoms with van der Waals surface area (Å²) in [7, 11) is 1.66. The van der Waals surface area contributed by atoms with Crippen LogP contribution in [0.1, 0.15) is 90.4 Å². The number of hydrogen-bond acceptors (Lipinski definition) is 12. The smallest absolute Gasteiger partial charge is 0.172 e. The molecule has 12 heteroatoms. The second-order valence-electron chi connectivity index (χ2n) is 17.4. The average Bonchev–Trinajstić information content (AvgIpc) is 3.79. The van der Waals surface area contributed by atoms with Gasteiger partial charge < -0.3 is 53.5 Å². The van der Waals surface area contributed by atoms with Crippen molar-refractivity contribution in [2.24, 2.45) is 17.6 Å². The fraction of sp³-hybridized carbons (Fsp3) is 0.875. The van der Waals surface area contributed by atoms with Gasteiger partial charge in [-0.1, -0.05) is 20.1 Å². The number of Topliss-reactive ketones (excluding diaryl/α,β-unsaturated/α-hetero) is 1. The predicted octanol–water partition coefficient (Wildman–Crippen LogP) is 3.44. The highest BCUT2D eigenvalue weighted by Crippen LogP contribution is 2.54. The molecule has 52 heavy (non-hydrogen) atoms. The number of ether oxygens (including phenoxy) is 9. The highest BCUT2D eigenvalue weighted by Gasteiger charge is 2.68. The molecule has 1 spiro atoms. The van der Waals surface area contributed by atoms with E-state index < -0.39 is 18.0 Å². The lowest BCUT2D eigenvalue weighted by molar-refractivity contribution is -0.292. The first-order valence-electron chi connectivity index (χ1n) is 20.2. The monoisotopic (exact) mass is 729 g/mol. The minimum absolute atomic E-state index is 0.0158. The van der Waals surface area contributed by atoms with E-state index in [4.69, 9.17) is 48.4 Å². The molecule has 10 aliphatic heterocycles. The quantitative estimate of drug-likeness (QED) is 0.409. The van der Waals surface area contributed by atoms with Crippen LogP contribution in [0, 0.1) is 11.8 Å². The zero-order valence-electron chi connectivity index (χ0n) is 30.8. The molecule has 12 bridgehead atoms. The van der Waals surface area contributed by atoms with Crippen molar-refractivity contribution in [2.75, 3.05) is 13.7 Å². The fourth-order valence-corrected chi connectivity index (χ4v) is 11.3. The van der Waals surface area contributed by atoms with Gasteiger partial charge in [0.2, 0.25) is 0 Å². The van der Waals surface area contributed by atoms with Gasteiger partial charge in [0, 0.05) is 58.1 Å². The third kappa shape index (κ3) is 6.59. The summed E-state index contributed by atoms with van der Waals surface area (Å²) in [5.74, 6) is -0.619. The van der Waals surface area contributed by atoms with E-state index in [-0.39, 0.29) is 122 Å². The molecule has 10 aliphatic rings. The number of nitrogens with two attached hydrogens (primary N) is 1. The molecule has 12 nitrogen and oxygen atoms in total. The first-order chi connectivity index (χ1) is 25.1. The topological polar surface area (TPSA) is 146 Å². The van der Waals surface area contributed by atoms with Gasteiger partial charge >= 0.3 is 0 Å². The third-order valence-corrected chi connectivity index (χ3v) is 14.0. The van der Waals surface area contributed by atoms with Crippen molar-refractivity contribution in [3.05, 3.63) is 24.3 Å². The molecule has 3 N–H and O–H groups in total. The number of aliphatic hydroxyl groups is 1. The van der Waals surface area contributed by atoms with Crippen molar-refractivity contribution in [3.8, 4) is 0 Å². The SMILES string of the molecule is C=C1C[C@@H]2CC[C@@]34C[C@H]5O[C@@H]6C(O[C@H]7CC[C@H](CC(=O)C[C@H]8C(C[C@H]9O[C@@H](CC[C@@H]1O2)C[C@@H](C)C9=C)O[C@H](C[C@H](O)CN)[C@@H]8OC)O[C@@H]7[C@@H]6O3)[C@@H]5O4. The molecule has 0 amide bonds. The van der Waals surface area contributed by atoms with Crippen LogP contribution in [0.2, 0.25) is 0 Å². The highest BCUT2D eigenvalue weighted by molar-refractivity contribution is 5.79. The fourth-order valence-electron chi connectivity index (χ4n) is 11.3. The van der Waals surface area contributed by atoms with Gasteiger partial charge in [-0.25, -0.2) is 0 Å². The van der Waals surface area contributed by atoms with Crippen molar-refractivity contribution in [1.82, 2.24) is 0 Å². The summed E-state index contributed by atoms with van der Waals surface area (Å²) >= 11 is 0. The molecule has 10 rings (SSSR count). The van der Waals surface area contributed by atoms with Crippen molar-refractivity contribution in [2.45, 2.75) is 194 Å². The average molecular weight is 730 g/mol. The molecule has 10 fully saturated rings. The maximum absolute atomic E-state index is 14.1. The summed E-state index contributed by atoms with van der Waals surface area (Å²) in [6.07, 6.45) is 4.85. The summed E-state index contributed by atoms with van der Waals surface area (Å²) in [4.78, 5) is 14.1. The minimum Gasteiger partial charge on any atom is -0.392 e. The standard InChI is InChI=1S/C40H59NO11/c1-19-11-24-5-7-28-20(2)12-26(45-28)9-10-40-17-33-36(51-40)37-38(50-33)39(52-40)35-29(49-37)8-6-25(47-35)13-22(42)14-27-31(16-30(46-24)21(19)3)48-32(34(27)44-4)15-23(43)18-41/h19,23-39,43H,2-3,5-18,41H2,1,4H3/t19-,23+,24+,25-,26+,27+,28+,29+,30-,31?,32-,33-,34-,35+,36-,37?,38-,39+,40+/m1/s1. The van der Waals surface area contributed by atoms with Gasteiger partial charge in [-0.3, -0.25) is 4.79 Å². The van der Waals surface area contributed by atoms with E-state index in [1.807, 2.05) is 0 Å². The van der Waals surface area contributed by atoms with Crippen LogP contribution in [0.25, 0.3) is 0 Å². The number of rotatable bonds is 4. The van der Waals surface area contributed by atoms with Gasteiger partial charge in [0.05, 0.1) is 67.1 Å². The second-order valence-corrected chi connectivity index (χ2v) is 17.4. The van der Waals surface area contributed by atoms with Gasteiger partial charge in [0.25, 0.3) is 0 Å². The summed E-state index contributed by atoms with van der Waals surface area (Å²) in [6.45, 7) is 11.3. The summed E-state index contributed by atoms with van der Waals surface area (Å²) in [6, 6.07) is 0. The van der Waals surface area contributed by atoms with Crippen LogP contribution < -0.4 is 5.73 Å². The number of ketones is 1. The molecular weight excluding hydrogens is 670 g/mol. The van der Waals surface area contributed by atoms with Gasteiger partial charge in [-0.05, 0) is 62.0 Å². The van der Waals surface area contributed by atoms with Crippen LogP contribution in [-0.4, -0.2) is 128 Å².